The molecule has 0 bridgehead atoms. The molecule has 2 saturated heterocycles. The second-order valence-electron chi connectivity index (χ2n) is 9.66. The summed E-state index contributed by atoms with van der Waals surface area (Å²) in [7, 11) is 0. The number of rotatable bonds is 6. The Morgan fingerprint density at radius 3 is 2.82 bits per heavy atom. The number of halogens is 1. The van der Waals surface area contributed by atoms with Crippen LogP contribution in [0.2, 0.25) is 0 Å². The van der Waals surface area contributed by atoms with E-state index in [4.69, 9.17) is 14.2 Å². The quantitative estimate of drug-likeness (QED) is 0.595. The van der Waals surface area contributed by atoms with Crippen molar-refractivity contribution in [2.75, 3.05) is 31.1 Å². The van der Waals surface area contributed by atoms with E-state index in [-0.39, 0.29) is 17.5 Å². The normalized spacial score (nSPS) is 23.2. The van der Waals surface area contributed by atoms with Gasteiger partial charge in [0.25, 0.3) is 5.89 Å². The second kappa shape index (κ2) is 8.65. The van der Waals surface area contributed by atoms with Crippen molar-refractivity contribution in [2.45, 2.75) is 65.0 Å². The number of aryl methyl sites for hydroxylation is 3. The van der Waals surface area contributed by atoms with Crippen LogP contribution in [0, 0.1) is 19.7 Å². The smallest absolute Gasteiger partial charge is 0.261 e. The van der Waals surface area contributed by atoms with Crippen LogP contribution in [0.3, 0.4) is 0 Å². The Morgan fingerprint density at radius 1 is 1.27 bits per heavy atom. The molecule has 4 heterocycles. The minimum absolute atomic E-state index is 0.0802. The fourth-order valence-electron chi connectivity index (χ4n) is 5.06. The Hall–Kier alpha value is -2.58. The zero-order valence-corrected chi connectivity index (χ0v) is 19.9. The van der Waals surface area contributed by atoms with E-state index in [1.165, 1.54) is 0 Å². The molecule has 2 aromatic heterocycles. The van der Waals surface area contributed by atoms with Crippen molar-refractivity contribution >= 4 is 16.7 Å². The summed E-state index contributed by atoms with van der Waals surface area (Å²) in [6.07, 6.45) is 4.24. The van der Waals surface area contributed by atoms with E-state index < -0.39 is 0 Å². The zero-order chi connectivity index (χ0) is 23.2. The molecule has 7 nitrogen and oxygen atoms in total. The lowest BCUT2D eigenvalue weighted by Gasteiger charge is -2.29. The third-order valence-electron chi connectivity index (χ3n) is 7.05. The van der Waals surface area contributed by atoms with Crippen LogP contribution in [0.5, 0.6) is 0 Å². The van der Waals surface area contributed by atoms with E-state index in [1.807, 2.05) is 19.9 Å². The molecule has 0 aliphatic carbocycles. The van der Waals surface area contributed by atoms with Crippen molar-refractivity contribution in [2.24, 2.45) is 0 Å². The summed E-state index contributed by atoms with van der Waals surface area (Å²) < 4.78 is 26.5. The molecule has 2 atom stereocenters. The Labute approximate surface area is 193 Å². The number of aromatic nitrogens is 3. The number of anilines is 1. The van der Waals surface area contributed by atoms with E-state index in [0.717, 1.165) is 74.0 Å². The van der Waals surface area contributed by atoms with Crippen LogP contribution in [0.4, 0.5) is 10.2 Å². The number of hydrogen-bond acceptors (Lipinski definition) is 7. The van der Waals surface area contributed by atoms with Gasteiger partial charge in [-0.2, -0.15) is 4.98 Å². The summed E-state index contributed by atoms with van der Waals surface area (Å²) >= 11 is 0. The fourth-order valence-corrected chi connectivity index (χ4v) is 5.06. The van der Waals surface area contributed by atoms with Crippen LogP contribution >= 0.6 is 0 Å². The SMILES string of the molecule is CCc1cc(F)c2nc(N3CC[C@@](C)(NC[C@@H]4CCCO4)C3)c(-c3nc(C)no3)c(C)c2c1. The molecule has 3 aromatic rings. The van der Waals surface area contributed by atoms with Gasteiger partial charge in [-0.1, -0.05) is 12.1 Å². The predicted octanol–water partition coefficient (Wildman–Crippen LogP) is 4.34. The van der Waals surface area contributed by atoms with E-state index in [1.54, 1.807) is 13.0 Å². The average Bonchev–Trinajstić information content (AvgIpc) is 3.54. The van der Waals surface area contributed by atoms with Gasteiger partial charge >= 0.3 is 0 Å². The maximum atomic E-state index is 15.1. The predicted molar refractivity (Wildman–Crippen MR) is 126 cm³/mol. The van der Waals surface area contributed by atoms with Crippen LogP contribution in [-0.2, 0) is 11.2 Å². The van der Waals surface area contributed by atoms with Crippen molar-refractivity contribution in [1.29, 1.82) is 0 Å². The second-order valence-corrected chi connectivity index (χ2v) is 9.66. The monoisotopic (exact) mass is 453 g/mol. The molecule has 2 aliphatic heterocycles. The van der Waals surface area contributed by atoms with E-state index >= 15 is 4.39 Å². The highest BCUT2D eigenvalue weighted by Crippen LogP contribution is 2.39. The van der Waals surface area contributed by atoms with Gasteiger partial charge in [0.1, 0.15) is 17.2 Å². The molecule has 0 unspecified atom stereocenters. The van der Waals surface area contributed by atoms with Crippen molar-refractivity contribution in [3.05, 3.63) is 34.9 Å². The first-order valence-corrected chi connectivity index (χ1v) is 11.9. The van der Waals surface area contributed by atoms with Crippen LogP contribution in [0.15, 0.2) is 16.7 Å². The summed E-state index contributed by atoms with van der Waals surface area (Å²) in [4.78, 5) is 11.6. The molecule has 8 heteroatoms. The van der Waals surface area contributed by atoms with Crippen LogP contribution in [0.1, 0.15) is 50.1 Å². The lowest BCUT2D eigenvalue weighted by atomic mass is 9.99. The minimum atomic E-state index is -0.291. The molecule has 2 aliphatic rings. The molecule has 33 heavy (non-hydrogen) atoms. The fraction of sp³-hybridized carbons (Fsp3) is 0.560. The molecule has 0 spiro atoms. The van der Waals surface area contributed by atoms with E-state index in [0.29, 0.717) is 23.0 Å². The topological polar surface area (TPSA) is 76.3 Å². The number of hydrogen-bond donors (Lipinski definition) is 1. The van der Waals surface area contributed by atoms with Gasteiger partial charge in [0.15, 0.2) is 5.82 Å². The summed E-state index contributed by atoms with van der Waals surface area (Å²) in [5, 5.41) is 8.52. The number of benzene rings is 1. The van der Waals surface area contributed by atoms with E-state index in [9.17, 15) is 0 Å². The number of pyridine rings is 1. The van der Waals surface area contributed by atoms with Gasteiger partial charge in [-0.15, -0.1) is 0 Å². The summed E-state index contributed by atoms with van der Waals surface area (Å²) in [6.45, 7) is 11.3. The number of nitrogens with one attached hydrogen (secondary N) is 1. The summed E-state index contributed by atoms with van der Waals surface area (Å²) in [5.41, 5.74) is 2.95. The third kappa shape index (κ3) is 4.22. The molecule has 0 saturated carbocycles. The molecule has 2 fully saturated rings. The molecule has 5 rings (SSSR count). The standard InChI is InChI=1S/C25H32FN5O2/c1-5-17-11-19-15(2)21(24-28-16(3)30-33-24)23(29-22(19)20(26)12-17)31-9-8-25(4,14-31)27-13-18-7-6-10-32-18/h11-12,18,27H,5-10,13-14H2,1-4H3/t18-,25+/m0/s1. The van der Waals surface area contributed by atoms with Gasteiger partial charge in [-0.05, 0) is 69.7 Å². The number of nitrogens with zero attached hydrogens (tertiary/aromatic N) is 4. The lowest BCUT2D eigenvalue weighted by Crippen LogP contribution is -2.47. The van der Waals surface area contributed by atoms with Crippen molar-refractivity contribution in [3.8, 4) is 11.5 Å². The average molecular weight is 454 g/mol. The lowest BCUT2D eigenvalue weighted by molar-refractivity contribution is 0.103. The Balaban J connectivity index is 1.54. The zero-order valence-electron chi connectivity index (χ0n) is 19.9. The van der Waals surface area contributed by atoms with Crippen molar-refractivity contribution in [3.63, 3.8) is 0 Å². The molecule has 0 amide bonds. The van der Waals surface area contributed by atoms with Crippen LogP contribution in [-0.4, -0.2) is 53.0 Å². The summed E-state index contributed by atoms with van der Waals surface area (Å²) in [6, 6.07) is 3.61. The van der Waals surface area contributed by atoms with Gasteiger partial charge in [-0.25, -0.2) is 9.37 Å². The van der Waals surface area contributed by atoms with Gasteiger partial charge in [0.2, 0.25) is 0 Å². The number of ether oxygens (including phenoxy) is 1. The summed E-state index contributed by atoms with van der Waals surface area (Å²) in [5.74, 6) is 1.40. The maximum Gasteiger partial charge on any atom is 0.261 e. The first-order chi connectivity index (χ1) is 15.9. The Bertz CT molecular complexity index is 1170. The minimum Gasteiger partial charge on any atom is -0.377 e. The molecular formula is C25H32FN5O2. The first kappa shape index (κ1) is 22.2. The highest BCUT2D eigenvalue weighted by Gasteiger charge is 2.37. The van der Waals surface area contributed by atoms with Crippen molar-refractivity contribution in [1.82, 2.24) is 20.4 Å². The van der Waals surface area contributed by atoms with E-state index in [2.05, 4.69) is 27.3 Å². The van der Waals surface area contributed by atoms with Gasteiger partial charge < -0.3 is 19.5 Å². The largest absolute Gasteiger partial charge is 0.377 e. The van der Waals surface area contributed by atoms with Gasteiger partial charge in [0, 0.05) is 37.2 Å². The van der Waals surface area contributed by atoms with Gasteiger partial charge in [0.05, 0.1) is 11.7 Å². The Morgan fingerprint density at radius 2 is 2.12 bits per heavy atom. The van der Waals surface area contributed by atoms with Gasteiger partial charge in [-0.3, -0.25) is 0 Å². The molecule has 1 N–H and O–H groups in total. The third-order valence-corrected chi connectivity index (χ3v) is 7.05. The molecular weight excluding hydrogens is 421 g/mol. The van der Waals surface area contributed by atoms with Crippen molar-refractivity contribution < 1.29 is 13.7 Å². The van der Waals surface area contributed by atoms with Crippen LogP contribution < -0.4 is 10.2 Å². The highest BCUT2D eigenvalue weighted by molar-refractivity contribution is 5.93. The molecule has 176 valence electrons. The van der Waals surface area contributed by atoms with Crippen LogP contribution in [0.25, 0.3) is 22.4 Å². The Kier molecular flexibility index (Phi) is 5.82. The number of fused-ring (bicyclic) bond motifs is 1. The molecule has 0 radical (unpaired) electrons. The maximum absolute atomic E-state index is 15.1. The molecule has 1 aromatic carbocycles. The highest BCUT2D eigenvalue weighted by atomic mass is 19.1. The first-order valence-electron chi connectivity index (χ1n) is 11.9.